The minimum Gasteiger partial charge on any atom is -0.463 e. The van der Waals surface area contributed by atoms with Crippen LogP contribution < -0.4 is 0 Å². The van der Waals surface area contributed by atoms with E-state index in [4.69, 9.17) is 18.9 Å². The molecule has 2 aromatic rings. The summed E-state index contributed by atoms with van der Waals surface area (Å²) in [6, 6.07) is 17.2. The van der Waals surface area contributed by atoms with E-state index in [1.165, 1.54) is 6.92 Å². The van der Waals surface area contributed by atoms with Crippen molar-refractivity contribution in [1.29, 1.82) is 0 Å². The van der Waals surface area contributed by atoms with Crippen molar-refractivity contribution >= 4 is 17.9 Å². The fourth-order valence-corrected chi connectivity index (χ4v) is 2.74. The van der Waals surface area contributed by atoms with Crippen LogP contribution in [0.5, 0.6) is 0 Å². The summed E-state index contributed by atoms with van der Waals surface area (Å²) < 4.78 is 21.2. The van der Waals surface area contributed by atoms with Gasteiger partial charge in [-0.15, -0.1) is 0 Å². The van der Waals surface area contributed by atoms with Gasteiger partial charge >= 0.3 is 17.9 Å². The Morgan fingerprint density at radius 3 is 1.97 bits per heavy atom. The second kappa shape index (κ2) is 9.84. The maximum atomic E-state index is 12.2. The number of ether oxygens (including phenoxy) is 4. The van der Waals surface area contributed by atoms with Crippen LogP contribution in [0.2, 0.25) is 0 Å². The SMILES string of the molecule is CC(=O)OCC1(COC(=O)c2ccccc2)OC1/C=C\COC(=O)c1ccccc1. The van der Waals surface area contributed by atoms with Gasteiger partial charge in [-0.25, -0.2) is 9.59 Å². The lowest BCUT2D eigenvalue weighted by Gasteiger charge is -2.13. The quantitative estimate of drug-likeness (QED) is 0.272. The molecule has 2 aromatic carbocycles. The lowest BCUT2D eigenvalue weighted by molar-refractivity contribution is -0.143. The van der Waals surface area contributed by atoms with Crippen LogP contribution >= 0.6 is 0 Å². The maximum absolute atomic E-state index is 12.2. The van der Waals surface area contributed by atoms with E-state index in [2.05, 4.69) is 0 Å². The van der Waals surface area contributed by atoms with Gasteiger partial charge in [0.25, 0.3) is 0 Å². The maximum Gasteiger partial charge on any atom is 0.338 e. The zero-order valence-corrected chi connectivity index (χ0v) is 16.5. The van der Waals surface area contributed by atoms with Gasteiger partial charge in [-0.3, -0.25) is 4.79 Å². The topological polar surface area (TPSA) is 91.4 Å². The van der Waals surface area contributed by atoms with Crippen molar-refractivity contribution in [2.75, 3.05) is 19.8 Å². The van der Waals surface area contributed by atoms with Gasteiger partial charge in [0.15, 0.2) is 5.60 Å². The number of carbonyl (C=O) groups is 3. The number of rotatable bonds is 9. The highest BCUT2D eigenvalue weighted by Crippen LogP contribution is 2.38. The van der Waals surface area contributed by atoms with Crippen LogP contribution in [0.4, 0.5) is 0 Å². The zero-order chi connectivity index (χ0) is 21.4. The Morgan fingerprint density at radius 1 is 0.867 bits per heavy atom. The first-order chi connectivity index (χ1) is 14.5. The van der Waals surface area contributed by atoms with Crippen LogP contribution in [0.3, 0.4) is 0 Å². The first-order valence-electron chi connectivity index (χ1n) is 9.42. The molecule has 7 nitrogen and oxygen atoms in total. The van der Waals surface area contributed by atoms with Gasteiger partial charge in [-0.2, -0.15) is 0 Å². The molecule has 2 atom stereocenters. The third kappa shape index (κ3) is 5.78. The number of esters is 3. The average molecular weight is 410 g/mol. The molecule has 0 spiro atoms. The van der Waals surface area contributed by atoms with Crippen LogP contribution in [-0.2, 0) is 23.7 Å². The molecule has 0 saturated carbocycles. The molecule has 1 aliphatic heterocycles. The van der Waals surface area contributed by atoms with Gasteiger partial charge < -0.3 is 18.9 Å². The molecule has 0 amide bonds. The van der Waals surface area contributed by atoms with Crippen LogP contribution in [0, 0.1) is 0 Å². The smallest absolute Gasteiger partial charge is 0.338 e. The highest BCUT2D eigenvalue weighted by Gasteiger charge is 2.57. The van der Waals surface area contributed by atoms with Crippen molar-refractivity contribution in [1.82, 2.24) is 0 Å². The third-order valence-electron chi connectivity index (χ3n) is 4.43. The van der Waals surface area contributed by atoms with E-state index < -0.39 is 29.6 Å². The molecular formula is C23H22O7. The second-order valence-electron chi connectivity index (χ2n) is 6.72. The third-order valence-corrected chi connectivity index (χ3v) is 4.43. The van der Waals surface area contributed by atoms with Gasteiger partial charge in [0.05, 0.1) is 11.1 Å². The Bertz CT molecular complexity index is 908. The molecule has 3 rings (SSSR count). The van der Waals surface area contributed by atoms with E-state index in [0.29, 0.717) is 11.1 Å². The van der Waals surface area contributed by atoms with Crippen molar-refractivity contribution < 1.29 is 33.3 Å². The van der Waals surface area contributed by atoms with Crippen LogP contribution in [-0.4, -0.2) is 49.4 Å². The van der Waals surface area contributed by atoms with Crippen molar-refractivity contribution in [2.24, 2.45) is 0 Å². The Hall–Kier alpha value is -3.45. The highest BCUT2D eigenvalue weighted by atomic mass is 16.7. The minimum atomic E-state index is -0.948. The standard InChI is InChI=1S/C23H22O7/c1-17(24)28-15-23(16-29-22(26)19-11-6-3-7-12-19)20(30-23)13-8-14-27-21(25)18-9-4-2-5-10-18/h2-13,20H,14-16H2,1H3/b13-8-. The second-order valence-corrected chi connectivity index (χ2v) is 6.72. The summed E-state index contributed by atoms with van der Waals surface area (Å²) in [5.41, 5.74) is -0.0675. The van der Waals surface area contributed by atoms with E-state index in [1.807, 2.05) is 6.07 Å². The van der Waals surface area contributed by atoms with E-state index in [9.17, 15) is 14.4 Å². The summed E-state index contributed by atoms with van der Waals surface area (Å²) in [6.07, 6.45) is 2.90. The van der Waals surface area contributed by atoms with Crippen molar-refractivity contribution in [3.63, 3.8) is 0 Å². The summed E-state index contributed by atoms with van der Waals surface area (Å²) >= 11 is 0. The van der Waals surface area contributed by atoms with E-state index in [0.717, 1.165) is 0 Å². The van der Waals surface area contributed by atoms with Crippen LogP contribution in [0.15, 0.2) is 72.8 Å². The van der Waals surface area contributed by atoms with Crippen molar-refractivity contribution in [2.45, 2.75) is 18.6 Å². The molecule has 1 aliphatic rings. The molecular weight excluding hydrogens is 388 g/mol. The summed E-state index contributed by atoms with van der Waals surface area (Å²) in [7, 11) is 0. The lowest BCUT2D eigenvalue weighted by Crippen LogP contribution is -2.31. The van der Waals surface area contributed by atoms with Gasteiger partial charge in [0.2, 0.25) is 0 Å². The predicted molar refractivity (Wildman–Crippen MR) is 107 cm³/mol. The minimum absolute atomic E-state index is 0.0524. The van der Waals surface area contributed by atoms with Gasteiger partial charge in [0, 0.05) is 6.92 Å². The molecule has 0 radical (unpaired) electrons. The van der Waals surface area contributed by atoms with Crippen molar-refractivity contribution in [3.8, 4) is 0 Å². The van der Waals surface area contributed by atoms with Crippen molar-refractivity contribution in [3.05, 3.63) is 83.9 Å². The molecule has 1 saturated heterocycles. The largest absolute Gasteiger partial charge is 0.463 e. The number of benzene rings is 2. The first kappa shape index (κ1) is 21.3. The molecule has 7 heteroatoms. The number of carbonyl (C=O) groups excluding carboxylic acids is 3. The number of hydrogen-bond acceptors (Lipinski definition) is 7. The van der Waals surface area contributed by atoms with Gasteiger partial charge in [0.1, 0.15) is 25.9 Å². The summed E-state index contributed by atoms with van der Waals surface area (Å²) in [6.45, 7) is 1.22. The first-order valence-corrected chi connectivity index (χ1v) is 9.42. The predicted octanol–water partition coefficient (Wildman–Crippen LogP) is 2.96. The fourth-order valence-electron chi connectivity index (χ4n) is 2.74. The molecule has 1 fully saturated rings. The molecule has 156 valence electrons. The van der Waals surface area contributed by atoms with E-state index in [-0.39, 0.29) is 19.8 Å². The van der Waals surface area contributed by atoms with Crippen LogP contribution in [0.25, 0.3) is 0 Å². The molecule has 30 heavy (non-hydrogen) atoms. The molecule has 0 N–H and O–H groups in total. The Kier molecular flexibility index (Phi) is 6.98. The number of epoxide rings is 1. The normalized spacial score (nSPS) is 19.8. The monoisotopic (exact) mass is 410 g/mol. The Morgan fingerprint density at radius 2 is 1.40 bits per heavy atom. The lowest BCUT2D eigenvalue weighted by atomic mass is 10.1. The highest BCUT2D eigenvalue weighted by molar-refractivity contribution is 5.89. The molecule has 0 aromatic heterocycles. The zero-order valence-electron chi connectivity index (χ0n) is 16.5. The Labute approximate surface area is 174 Å². The molecule has 0 bridgehead atoms. The summed E-state index contributed by atoms with van der Waals surface area (Å²) in [4.78, 5) is 35.3. The average Bonchev–Trinajstić information content (AvgIpc) is 3.47. The van der Waals surface area contributed by atoms with E-state index in [1.54, 1.807) is 66.7 Å². The summed E-state index contributed by atoms with van der Waals surface area (Å²) in [5.74, 6) is -1.38. The Balaban J connectivity index is 1.52. The van der Waals surface area contributed by atoms with Gasteiger partial charge in [-0.05, 0) is 30.3 Å². The fraction of sp³-hybridized carbons (Fsp3) is 0.261. The van der Waals surface area contributed by atoms with Crippen LogP contribution in [0.1, 0.15) is 27.6 Å². The molecule has 1 heterocycles. The molecule has 0 aliphatic carbocycles. The number of hydrogen-bond donors (Lipinski definition) is 0. The molecule has 2 unspecified atom stereocenters. The van der Waals surface area contributed by atoms with Gasteiger partial charge in [-0.1, -0.05) is 42.5 Å². The summed E-state index contributed by atoms with van der Waals surface area (Å²) in [5, 5.41) is 0. The van der Waals surface area contributed by atoms with E-state index >= 15 is 0 Å².